The average Bonchev–Trinajstić information content (AvgIpc) is 1.72. The molecule has 2 nitrogen and oxygen atoms in total. The first kappa shape index (κ1) is 6.63. The van der Waals surface area contributed by atoms with E-state index in [1.54, 1.807) is 7.05 Å². The van der Waals surface area contributed by atoms with Crippen LogP contribution in [0, 0.1) is 0 Å². The third kappa shape index (κ3) is 2.34. The molecule has 42 valence electrons. The standard InChI is InChI=1S/C5H11NO/c1-3-5(4-7)6-2/h4-6H,3H2,1-2H3/t5-/m1/s1. The van der Waals surface area contributed by atoms with Gasteiger partial charge < -0.3 is 10.1 Å². The van der Waals surface area contributed by atoms with Crippen molar-refractivity contribution in [2.24, 2.45) is 0 Å². The van der Waals surface area contributed by atoms with E-state index < -0.39 is 0 Å². The number of rotatable bonds is 3. The molecule has 0 aromatic carbocycles. The van der Waals surface area contributed by atoms with Crippen molar-refractivity contribution in [3.05, 3.63) is 0 Å². The molecule has 1 atom stereocenters. The fourth-order valence-electron chi connectivity index (χ4n) is 0.368. The lowest BCUT2D eigenvalue weighted by molar-refractivity contribution is -0.109. The molecule has 0 rings (SSSR count). The molecule has 0 spiro atoms. The van der Waals surface area contributed by atoms with E-state index in [2.05, 4.69) is 5.32 Å². The molecule has 0 amide bonds. The molecule has 2 heteroatoms. The monoisotopic (exact) mass is 101 g/mol. The van der Waals surface area contributed by atoms with Gasteiger partial charge in [-0.1, -0.05) is 6.92 Å². The molecule has 1 N–H and O–H groups in total. The number of hydrogen-bond acceptors (Lipinski definition) is 2. The summed E-state index contributed by atoms with van der Waals surface area (Å²) in [6, 6.07) is 0.0556. The van der Waals surface area contributed by atoms with Crippen molar-refractivity contribution in [3.8, 4) is 0 Å². The Kier molecular flexibility index (Phi) is 3.61. The Bertz CT molecular complexity index is 50.0. The number of hydrogen-bond donors (Lipinski definition) is 1. The molecule has 7 heavy (non-hydrogen) atoms. The van der Waals surface area contributed by atoms with Gasteiger partial charge in [0.1, 0.15) is 6.29 Å². The van der Waals surface area contributed by atoms with Gasteiger partial charge in [0.15, 0.2) is 0 Å². The number of aldehydes is 1. The second-order valence-corrected chi connectivity index (χ2v) is 1.44. The van der Waals surface area contributed by atoms with Crippen LogP contribution in [0.4, 0.5) is 0 Å². The normalized spacial score (nSPS) is 13.4. The summed E-state index contributed by atoms with van der Waals surface area (Å²) >= 11 is 0. The van der Waals surface area contributed by atoms with Gasteiger partial charge in [0.05, 0.1) is 6.04 Å². The number of nitrogens with one attached hydrogen (secondary N) is 1. The predicted molar refractivity (Wildman–Crippen MR) is 29.2 cm³/mol. The van der Waals surface area contributed by atoms with Crippen molar-refractivity contribution in [2.45, 2.75) is 19.4 Å². The zero-order valence-electron chi connectivity index (χ0n) is 4.77. The average molecular weight is 101 g/mol. The van der Waals surface area contributed by atoms with Crippen LogP contribution >= 0.6 is 0 Å². The molecule has 0 aliphatic rings. The highest BCUT2D eigenvalue weighted by atomic mass is 16.1. The summed E-state index contributed by atoms with van der Waals surface area (Å²) in [6.45, 7) is 1.97. The molecule has 0 heterocycles. The van der Waals surface area contributed by atoms with Crippen LogP contribution in [0.5, 0.6) is 0 Å². The maximum atomic E-state index is 9.90. The zero-order chi connectivity index (χ0) is 5.70. The van der Waals surface area contributed by atoms with Gasteiger partial charge in [-0.25, -0.2) is 0 Å². The Hall–Kier alpha value is -0.370. The van der Waals surface area contributed by atoms with E-state index in [1.807, 2.05) is 6.92 Å². The molecular weight excluding hydrogens is 90.1 g/mol. The SMILES string of the molecule is CC[C@H](C=O)NC. The Morgan fingerprint density at radius 1 is 1.86 bits per heavy atom. The van der Waals surface area contributed by atoms with Gasteiger partial charge in [-0.2, -0.15) is 0 Å². The maximum absolute atomic E-state index is 9.90. The van der Waals surface area contributed by atoms with Gasteiger partial charge in [-0.15, -0.1) is 0 Å². The van der Waals surface area contributed by atoms with Crippen LogP contribution in [0.1, 0.15) is 13.3 Å². The smallest absolute Gasteiger partial charge is 0.136 e. The molecule has 0 aromatic rings. The van der Waals surface area contributed by atoms with Crippen LogP contribution in [0.15, 0.2) is 0 Å². The summed E-state index contributed by atoms with van der Waals surface area (Å²) in [6.07, 6.45) is 1.79. The van der Waals surface area contributed by atoms with Crippen LogP contribution in [-0.4, -0.2) is 19.4 Å². The van der Waals surface area contributed by atoms with E-state index in [1.165, 1.54) is 0 Å². The Morgan fingerprint density at radius 3 is 2.43 bits per heavy atom. The maximum Gasteiger partial charge on any atom is 0.136 e. The number of likely N-dealkylation sites (N-methyl/N-ethyl adjacent to an activating group) is 1. The highest BCUT2D eigenvalue weighted by Crippen LogP contribution is 1.80. The molecule has 0 bridgehead atoms. The summed E-state index contributed by atoms with van der Waals surface area (Å²) in [5.74, 6) is 0. The fraction of sp³-hybridized carbons (Fsp3) is 0.800. The van der Waals surface area contributed by atoms with Crippen molar-refractivity contribution >= 4 is 6.29 Å². The van der Waals surface area contributed by atoms with Gasteiger partial charge >= 0.3 is 0 Å². The predicted octanol–water partition coefficient (Wildman–Crippen LogP) is 0.183. The minimum atomic E-state index is 0.0556. The van der Waals surface area contributed by atoms with Crippen molar-refractivity contribution in [3.63, 3.8) is 0 Å². The molecule has 0 fully saturated rings. The van der Waals surface area contributed by atoms with Crippen LogP contribution in [0.3, 0.4) is 0 Å². The van der Waals surface area contributed by atoms with Gasteiger partial charge in [-0.3, -0.25) is 0 Å². The Morgan fingerprint density at radius 2 is 2.43 bits per heavy atom. The van der Waals surface area contributed by atoms with Crippen LogP contribution in [0.2, 0.25) is 0 Å². The lowest BCUT2D eigenvalue weighted by atomic mass is 10.3. The van der Waals surface area contributed by atoms with Gasteiger partial charge in [-0.05, 0) is 13.5 Å². The van der Waals surface area contributed by atoms with Crippen molar-refractivity contribution < 1.29 is 4.79 Å². The highest BCUT2D eigenvalue weighted by molar-refractivity contribution is 5.57. The third-order valence-electron chi connectivity index (χ3n) is 0.975. The van der Waals surface area contributed by atoms with Crippen molar-refractivity contribution in [1.82, 2.24) is 5.32 Å². The van der Waals surface area contributed by atoms with E-state index in [0.717, 1.165) is 12.7 Å². The molecule has 0 saturated heterocycles. The minimum absolute atomic E-state index is 0.0556. The quantitative estimate of drug-likeness (QED) is 0.514. The van der Waals surface area contributed by atoms with Gasteiger partial charge in [0, 0.05) is 0 Å². The highest BCUT2D eigenvalue weighted by Gasteiger charge is 1.95. The molecule has 0 saturated carbocycles. The minimum Gasteiger partial charge on any atom is -0.311 e. The molecule has 0 aliphatic carbocycles. The van der Waals surface area contributed by atoms with Crippen molar-refractivity contribution in [1.29, 1.82) is 0 Å². The lowest BCUT2D eigenvalue weighted by Crippen LogP contribution is -2.25. The largest absolute Gasteiger partial charge is 0.311 e. The van der Waals surface area contributed by atoms with Crippen LogP contribution in [0.25, 0.3) is 0 Å². The van der Waals surface area contributed by atoms with E-state index in [4.69, 9.17) is 0 Å². The van der Waals surface area contributed by atoms with Crippen LogP contribution in [-0.2, 0) is 4.79 Å². The lowest BCUT2D eigenvalue weighted by Gasteiger charge is -2.00. The summed E-state index contributed by atoms with van der Waals surface area (Å²) in [7, 11) is 1.78. The van der Waals surface area contributed by atoms with Gasteiger partial charge in [0.2, 0.25) is 0 Å². The number of carbonyl (C=O) groups is 1. The first-order chi connectivity index (χ1) is 3.35. The molecular formula is C5H11NO. The first-order valence-corrected chi connectivity index (χ1v) is 2.47. The molecule has 0 radical (unpaired) electrons. The van der Waals surface area contributed by atoms with E-state index in [9.17, 15) is 4.79 Å². The fourth-order valence-corrected chi connectivity index (χ4v) is 0.368. The summed E-state index contributed by atoms with van der Waals surface area (Å²) < 4.78 is 0. The second-order valence-electron chi connectivity index (χ2n) is 1.44. The first-order valence-electron chi connectivity index (χ1n) is 2.47. The summed E-state index contributed by atoms with van der Waals surface area (Å²) in [5, 5.41) is 2.83. The van der Waals surface area contributed by atoms with Crippen molar-refractivity contribution in [2.75, 3.05) is 7.05 Å². The number of carbonyl (C=O) groups excluding carboxylic acids is 1. The zero-order valence-corrected chi connectivity index (χ0v) is 4.77. The van der Waals surface area contributed by atoms with E-state index in [-0.39, 0.29) is 6.04 Å². The Balaban J connectivity index is 3.16. The van der Waals surface area contributed by atoms with E-state index >= 15 is 0 Å². The second kappa shape index (κ2) is 3.81. The molecule has 0 aromatic heterocycles. The molecule has 0 aliphatic heterocycles. The van der Waals surface area contributed by atoms with Gasteiger partial charge in [0.25, 0.3) is 0 Å². The summed E-state index contributed by atoms with van der Waals surface area (Å²) in [5.41, 5.74) is 0. The Labute approximate surface area is 43.9 Å². The van der Waals surface area contributed by atoms with E-state index in [0.29, 0.717) is 0 Å². The van der Waals surface area contributed by atoms with Crippen LogP contribution < -0.4 is 5.32 Å². The summed E-state index contributed by atoms with van der Waals surface area (Å²) in [4.78, 5) is 9.90. The topological polar surface area (TPSA) is 29.1 Å². The molecule has 0 unspecified atom stereocenters. The third-order valence-corrected chi connectivity index (χ3v) is 0.975.